The molecule has 0 saturated carbocycles. The Bertz CT molecular complexity index is 1370. The lowest BCUT2D eigenvalue weighted by molar-refractivity contribution is -0.123. The molecule has 38 heavy (non-hydrogen) atoms. The average Bonchev–Trinajstić information content (AvgIpc) is 3.31. The molecule has 0 aliphatic carbocycles. The third kappa shape index (κ3) is 7.16. The van der Waals surface area contributed by atoms with Crippen LogP contribution in [-0.4, -0.2) is 40.2 Å². The summed E-state index contributed by atoms with van der Waals surface area (Å²) in [6.07, 6.45) is 7.10. The number of benzene rings is 2. The van der Waals surface area contributed by atoms with Crippen molar-refractivity contribution in [2.45, 2.75) is 51.5 Å². The van der Waals surface area contributed by atoms with Gasteiger partial charge in [-0.3, -0.25) is 14.6 Å². The molecule has 2 heterocycles. The molecule has 0 fully saturated rings. The van der Waals surface area contributed by atoms with Crippen molar-refractivity contribution >= 4 is 28.5 Å². The van der Waals surface area contributed by atoms with Crippen LogP contribution in [0.1, 0.15) is 54.9 Å². The Labute approximate surface area is 223 Å². The first-order valence-corrected chi connectivity index (χ1v) is 13.2. The fourth-order valence-corrected chi connectivity index (χ4v) is 4.65. The van der Waals surface area contributed by atoms with Crippen LogP contribution in [0.15, 0.2) is 79.1 Å². The Kier molecular flexibility index (Phi) is 9.40. The van der Waals surface area contributed by atoms with Gasteiger partial charge in [0.1, 0.15) is 11.8 Å². The Morgan fingerprint density at radius 3 is 2.47 bits per heavy atom. The number of Topliss-reactive ketones (excluding diaryl/α,β-unsaturated/α-hetero) is 1. The van der Waals surface area contributed by atoms with E-state index in [0.717, 1.165) is 47.0 Å². The maximum atomic E-state index is 13.2. The minimum absolute atomic E-state index is 0.163. The van der Waals surface area contributed by atoms with Gasteiger partial charge in [-0.15, -0.1) is 0 Å². The van der Waals surface area contributed by atoms with Gasteiger partial charge >= 0.3 is 0 Å². The van der Waals surface area contributed by atoms with Crippen LogP contribution in [0, 0.1) is 0 Å². The number of ketones is 1. The first kappa shape index (κ1) is 26.8. The number of rotatable bonds is 13. The molecule has 0 aliphatic rings. The van der Waals surface area contributed by atoms with E-state index in [1.165, 1.54) is 6.20 Å². The second-order valence-corrected chi connectivity index (χ2v) is 9.50. The number of aromatic amines is 1. The number of para-hydroxylation sites is 1. The van der Waals surface area contributed by atoms with Crippen molar-refractivity contribution < 1.29 is 14.4 Å². The Morgan fingerprint density at radius 1 is 0.921 bits per heavy atom. The maximum absolute atomic E-state index is 13.2. The van der Waals surface area contributed by atoms with Crippen molar-refractivity contribution in [3.63, 3.8) is 0 Å². The van der Waals surface area contributed by atoms with E-state index in [0.29, 0.717) is 31.4 Å². The van der Waals surface area contributed by atoms with Gasteiger partial charge in [0.25, 0.3) is 5.91 Å². The number of carbonyl (C=O) groups is 3. The second-order valence-electron chi connectivity index (χ2n) is 9.50. The number of nitrogens with zero attached hydrogens (tertiary/aromatic N) is 1. The van der Waals surface area contributed by atoms with E-state index in [2.05, 4.69) is 44.9 Å². The molecule has 1 atom stereocenters. The summed E-state index contributed by atoms with van der Waals surface area (Å²) < 4.78 is 0. The molecule has 0 unspecified atom stereocenters. The fraction of sp³-hybridized carbons (Fsp3) is 0.290. The van der Waals surface area contributed by atoms with Gasteiger partial charge in [0.05, 0.1) is 5.56 Å². The predicted molar refractivity (Wildman–Crippen MR) is 150 cm³/mol. The Morgan fingerprint density at radius 2 is 1.71 bits per heavy atom. The Hall–Kier alpha value is -4.26. The normalized spacial score (nSPS) is 11.7. The van der Waals surface area contributed by atoms with E-state index in [1.54, 1.807) is 25.3 Å². The van der Waals surface area contributed by atoms with Crippen LogP contribution in [0.25, 0.3) is 22.2 Å². The molecule has 0 radical (unpaired) electrons. The van der Waals surface area contributed by atoms with E-state index in [-0.39, 0.29) is 17.6 Å². The molecule has 7 heteroatoms. The van der Waals surface area contributed by atoms with Crippen molar-refractivity contribution in [2.24, 2.45) is 0 Å². The zero-order chi connectivity index (χ0) is 26.7. The van der Waals surface area contributed by atoms with E-state index in [9.17, 15) is 14.4 Å². The summed E-state index contributed by atoms with van der Waals surface area (Å²) in [5, 5.41) is 7.05. The number of amides is 2. The highest BCUT2D eigenvalue weighted by Gasteiger charge is 2.21. The summed E-state index contributed by atoms with van der Waals surface area (Å²) in [5.41, 5.74) is 4.76. The predicted octanol–water partition coefficient (Wildman–Crippen LogP) is 5.23. The smallest absolute Gasteiger partial charge is 0.253 e. The number of hydrogen-bond donors (Lipinski definition) is 3. The Balaban J connectivity index is 1.43. The third-order valence-electron chi connectivity index (χ3n) is 6.62. The highest BCUT2D eigenvalue weighted by Crippen LogP contribution is 2.30. The van der Waals surface area contributed by atoms with Crippen LogP contribution in [0.3, 0.4) is 0 Å². The minimum Gasteiger partial charge on any atom is -0.354 e. The molecule has 2 amide bonds. The minimum atomic E-state index is -0.670. The molecule has 196 valence electrons. The SMILES string of the molecule is CC(=O)CCCCC[C@H](NC(=O)c1cccnc1)C(=O)NCCc1c(-c2ccccc2)[nH]c2ccccc12. The van der Waals surface area contributed by atoms with Crippen LogP contribution >= 0.6 is 0 Å². The fourth-order valence-electron chi connectivity index (χ4n) is 4.65. The number of hydrogen-bond acceptors (Lipinski definition) is 4. The molecule has 0 bridgehead atoms. The second kappa shape index (κ2) is 13.3. The van der Waals surface area contributed by atoms with Crippen molar-refractivity contribution in [3.8, 4) is 11.3 Å². The standard InChI is InChI=1S/C31H34N4O3/c1-22(36)11-4-2-7-17-28(35-30(37)24-14-10-19-32-21-24)31(38)33-20-18-26-25-15-8-9-16-27(25)34-29(26)23-12-5-3-6-13-23/h3,5-6,8-10,12-16,19,21,28,34H,2,4,7,11,17-18,20H2,1H3,(H,33,38)(H,35,37)/t28-/m0/s1. The molecule has 0 saturated heterocycles. The molecule has 0 aliphatic heterocycles. The number of aromatic nitrogens is 2. The van der Waals surface area contributed by atoms with Crippen LogP contribution in [0.5, 0.6) is 0 Å². The van der Waals surface area contributed by atoms with Crippen molar-refractivity contribution in [1.29, 1.82) is 0 Å². The first-order chi connectivity index (χ1) is 18.5. The highest BCUT2D eigenvalue weighted by atomic mass is 16.2. The monoisotopic (exact) mass is 510 g/mol. The van der Waals surface area contributed by atoms with Gasteiger partial charge in [-0.05, 0) is 55.5 Å². The molecule has 0 spiro atoms. The van der Waals surface area contributed by atoms with Crippen LogP contribution in [0.2, 0.25) is 0 Å². The summed E-state index contributed by atoms with van der Waals surface area (Å²) >= 11 is 0. The molecule has 7 nitrogen and oxygen atoms in total. The van der Waals surface area contributed by atoms with Gasteiger partial charge in [-0.25, -0.2) is 0 Å². The molecular formula is C31H34N4O3. The van der Waals surface area contributed by atoms with Crippen molar-refractivity contribution in [1.82, 2.24) is 20.6 Å². The molecule has 2 aromatic carbocycles. The molecular weight excluding hydrogens is 476 g/mol. The number of H-pyrrole nitrogens is 1. The molecule has 4 aromatic rings. The van der Waals surface area contributed by atoms with Crippen LogP contribution in [-0.2, 0) is 16.0 Å². The van der Waals surface area contributed by atoms with E-state index >= 15 is 0 Å². The van der Waals surface area contributed by atoms with Crippen LogP contribution < -0.4 is 10.6 Å². The summed E-state index contributed by atoms with van der Waals surface area (Å²) in [7, 11) is 0. The van der Waals surface area contributed by atoms with Gasteiger partial charge in [0.15, 0.2) is 0 Å². The molecule has 3 N–H and O–H groups in total. The van der Waals surface area contributed by atoms with E-state index < -0.39 is 6.04 Å². The van der Waals surface area contributed by atoms with Crippen molar-refractivity contribution in [2.75, 3.05) is 6.54 Å². The third-order valence-corrected chi connectivity index (χ3v) is 6.62. The lowest BCUT2D eigenvalue weighted by Gasteiger charge is -2.19. The summed E-state index contributed by atoms with van der Waals surface area (Å²) in [4.78, 5) is 44.8. The summed E-state index contributed by atoms with van der Waals surface area (Å²) in [6, 6.07) is 21.0. The lowest BCUT2D eigenvalue weighted by Crippen LogP contribution is -2.47. The first-order valence-electron chi connectivity index (χ1n) is 13.2. The lowest BCUT2D eigenvalue weighted by atomic mass is 10.0. The number of carbonyl (C=O) groups excluding carboxylic acids is 3. The summed E-state index contributed by atoms with van der Waals surface area (Å²) in [5.74, 6) is -0.379. The van der Waals surface area contributed by atoms with Gasteiger partial charge in [-0.1, -0.05) is 61.4 Å². The van der Waals surface area contributed by atoms with Gasteiger partial charge in [-0.2, -0.15) is 0 Å². The topological polar surface area (TPSA) is 104 Å². The molecule has 4 rings (SSSR count). The van der Waals surface area contributed by atoms with Gasteiger partial charge in [0.2, 0.25) is 5.91 Å². The quantitative estimate of drug-likeness (QED) is 0.214. The largest absolute Gasteiger partial charge is 0.354 e. The van der Waals surface area contributed by atoms with Gasteiger partial charge < -0.3 is 20.4 Å². The zero-order valence-electron chi connectivity index (χ0n) is 21.7. The van der Waals surface area contributed by atoms with Gasteiger partial charge in [0, 0.05) is 42.0 Å². The summed E-state index contributed by atoms with van der Waals surface area (Å²) in [6.45, 7) is 2.02. The maximum Gasteiger partial charge on any atom is 0.253 e. The van der Waals surface area contributed by atoms with Crippen LogP contribution in [0.4, 0.5) is 0 Å². The average molecular weight is 511 g/mol. The molecule has 2 aromatic heterocycles. The zero-order valence-corrected chi connectivity index (χ0v) is 21.7. The van der Waals surface area contributed by atoms with E-state index in [1.807, 2.05) is 30.3 Å². The number of fused-ring (bicyclic) bond motifs is 1. The highest BCUT2D eigenvalue weighted by molar-refractivity contribution is 5.97. The number of nitrogens with one attached hydrogen (secondary N) is 3. The van der Waals surface area contributed by atoms with Crippen molar-refractivity contribution in [3.05, 3.63) is 90.3 Å². The van der Waals surface area contributed by atoms with E-state index in [4.69, 9.17) is 0 Å². The number of pyridine rings is 1. The number of unbranched alkanes of at least 4 members (excludes halogenated alkanes) is 2.